The molecule has 3 rings (SSSR count). The average Bonchev–Trinajstić information content (AvgIpc) is 3.04. The Kier molecular flexibility index (Phi) is 3.53. The van der Waals surface area contributed by atoms with Crippen molar-refractivity contribution in [3.05, 3.63) is 46.7 Å². The standard InChI is InChI=1S/C14H14ClN3S/c1-10(7-11-3-2-6-19-11)18-13-4-5-16-9-12(13)17-14(18)8-15/h2-6,9-10H,7-8H2,1H3. The summed E-state index contributed by atoms with van der Waals surface area (Å²) in [6.45, 7) is 2.21. The van der Waals surface area contributed by atoms with Crippen LogP contribution in [-0.4, -0.2) is 14.5 Å². The molecule has 0 aliphatic heterocycles. The summed E-state index contributed by atoms with van der Waals surface area (Å²) in [5, 5.41) is 2.11. The monoisotopic (exact) mass is 291 g/mol. The maximum Gasteiger partial charge on any atom is 0.125 e. The summed E-state index contributed by atoms with van der Waals surface area (Å²) in [6, 6.07) is 6.59. The van der Waals surface area contributed by atoms with Gasteiger partial charge in [0, 0.05) is 23.5 Å². The van der Waals surface area contributed by atoms with Gasteiger partial charge >= 0.3 is 0 Å². The Labute approximate surface area is 120 Å². The lowest BCUT2D eigenvalue weighted by molar-refractivity contribution is 0.547. The van der Waals surface area contributed by atoms with Crippen molar-refractivity contribution in [2.45, 2.75) is 25.3 Å². The van der Waals surface area contributed by atoms with E-state index >= 15 is 0 Å². The predicted molar refractivity (Wildman–Crippen MR) is 79.8 cm³/mol. The number of hydrogen-bond acceptors (Lipinski definition) is 3. The topological polar surface area (TPSA) is 30.7 Å². The molecule has 1 unspecified atom stereocenters. The fourth-order valence-electron chi connectivity index (χ4n) is 2.40. The van der Waals surface area contributed by atoms with Crippen LogP contribution in [0.3, 0.4) is 0 Å². The van der Waals surface area contributed by atoms with E-state index in [-0.39, 0.29) is 0 Å². The Morgan fingerprint density at radius 3 is 3.05 bits per heavy atom. The van der Waals surface area contributed by atoms with Gasteiger partial charge in [-0.05, 0) is 24.4 Å². The maximum atomic E-state index is 6.03. The number of hydrogen-bond donors (Lipinski definition) is 0. The Bertz CT molecular complexity index is 675. The summed E-state index contributed by atoms with van der Waals surface area (Å²) in [4.78, 5) is 10.1. The van der Waals surface area contributed by atoms with E-state index < -0.39 is 0 Å². The summed E-state index contributed by atoms with van der Waals surface area (Å²) in [7, 11) is 0. The zero-order valence-corrected chi connectivity index (χ0v) is 12.2. The van der Waals surface area contributed by atoms with Gasteiger partial charge in [-0.15, -0.1) is 22.9 Å². The molecule has 1 atom stereocenters. The van der Waals surface area contributed by atoms with Gasteiger partial charge in [-0.3, -0.25) is 4.98 Å². The van der Waals surface area contributed by atoms with Crippen LogP contribution in [0.25, 0.3) is 11.0 Å². The van der Waals surface area contributed by atoms with Gasteiger partial charge in [0.25, 0.3) is 0 Å². The lowest BCUT2D eigenvalue weighted by atomic mass is 10.2. The third-order valence-electron chi connectivity index (χ3n) is 3.20. The minimum Gasteiger partial charge on any atom is -0.324 e. The first kappa shape index (κ1) is 12.6. The van der Waals surface area contributed by atoms with Crippen LogP contribution >= 0.6 is 22.9 Å². The molecule has 0 aromatic carbocycles. The number of fused-ring (bicyclic) bond motifs is 1. The van der Waals surface area contributed by atoms with Gasteiger partial charge in [-0.1, -0.05) is 6.07 Å². The molecule has 19 heavy (non-hydrogen) atoms. The number of imidazole rings is 1. The van der Waals surface area contributed by atoms with Crippen molar-refractivity contribution in [3.8, 4) is 0 Å². The van der Waals surface area contributed by atoms with E-state index in [2.05, 4.69) is 39.0 Å². The molecule has 3 aromatic rings. The van der Waals surface area contributed by atoms with Gasteiger partial charge < -0.3 is 4.57 Å². The summed E-state index contributed by atoms with van der Waals surface area (Å²) >= 11 is 7.82. The van der Waals surface area contributed by atoms with Crippen LogP contribution in [0.5, 0.6) is 0 Å². The first-order valence-electron chi connectivity index (χ1n) is 6.18. The van der Waals surface area contributed by atoms with Gasteiger partial charge in [0.05, 0.1) is 17.6 Å². The molecule has 0 fully saturated rings. The molecular weight excluding hydrogens is 278 g/mol. The Morgan fingerprint density at radius 1 is 1.42 bits per heavy atom. The lowest BCUT2D eigenvalue weighted by Crippen LogP contribution is -2.10. The number of aromatic nitrogens is 3. The number of halogens is 1. The molecular formula is C14H14ClN3S. The van der Waals surface area contributed by atoms with Crippen LogP contribution in [0, 0.1) is 0 Å². The predicted octanol–water partition coefficient (Wildman–Crippen LogP) is 4.04. The minimum absolute atomic E-state index is 0.333. The van der Waals surface area contributed by atoms with Crippen molar-refractivity contribution >= 4 is 34.0 Å². The smallest absolute Gasteiger partial charge is 0.125 e. The molecule has 3 aromatic heterocycles. The van der Waals surface area contributed by atoms with Crippen molar-refractivity contribution in [1.29, 1.82) is 0 Å². The number of alkyl halides is 1. The van der Waals surface area contributed by atoms with E-state index in [1.54, 1.807) is 23.7 Å². The van der Waals surface area contributed by atoms with Gasteiger partial charge in [0.2, 0.25) is 0 Å². The first-order valence-corrected chi connectivity index (χ1v) is 7.60. The van der Waals surface area contributed by atoms with E-state index in [0.717, 1.165) is 23.3 Å². The van der Waals surface area contributed by atoms with Crippen molar-refractivity contribution < 1.29 is 0 Å². The molecule has 0 saturated heterocycles. The zero-order valence-electron chi connectivity index (χ0n) is 10.6. The molecule has 3 heterocycles. The summed E-state index contributed by atoms with van der Waals surface area (Å²) < 4.78 is 2.23. The Balaban J connectivity index is 2.02. The fraction of sp³-hybridized carbons (Fsp3) is 0.286. The maximum absolute atomic E-state index is 6.03. The summed E-state index contributed by atoms with van der Waals surface area (Å²) in [5.41, 5.74) is 2.02. The molecule has 0 aliphatic carbocycles. The largest absolute Gasteiger partial charge is 0.324 e. The fourth-order valence-corrected chi connectivity index (χ4v) is 3.41. The second-order valence-corrected chi connectivity index (χ2v) is 5.83. The third kappa shape index (κ3) is 2.38. The second kappa shape index (κ2) is 5.31. The van der Waals surface area contributed by atoms with E-state index in [4.69, 9.17) is 11.6 Å². The van der Waals surface area contributed by atoms with Crippen molar-refractivity contribution in [1.82, 2.24) is 14.5 Å². The second-order valence-electron chi connectivity index (χ2n) is 4.53. The van der Waals surface area contributed by atoms with Crippen LogP contribution in [0.1, 0.15) is 23.7 Å². The zero-order chi connectivity index (χ0) is 13.2. The summed E-state index contributed by atoms with van der Waals surface area (Å²) in [5.74, 6) is 1.33. The minimum atomic E-state index is 0.333. The molecule has 0 amide bonds. The Morgan fingerprint density at radius 2 is 2.32 bits per heavy atom. The van der Waals surface area contributed by atoms with Crippen LogP contribution in [-0.2, 0) is 12.3 Å². The first-order chi connectivity index (χ1) is 9.29. The molecule has 0 spiro atoms. The molecule has 98 valence electrons. The van der Waals surface area contributed by atoms with Gasteiger partial charge in [-0.25, -0.2) is 4.98 Å². The normalized spacial score (nSPS) is 12.9. The van der Waals surface area contributed by atoms with Gasteiger partial charge in [0.1, 0.15) is 11.3 Å². The van der Waals surface area contributed by atoms with Crippen LogP contribution in [0.4, 0.5) is 0 Å². The number of pyridine rings is 1. The van der Waals surface area contributed by atoms with E-state index in [9.17, 15) is 0 Å². The van der Waals surface area contributed by atoms with Crippen LogP contribution in [0.2, 0.25) is 0 Å². The van der Waals surface area contributed by atoms with Crippen LogP contribution in [0.15, 0.2) is 36.0 Å². The number of nitrogens with zero attached hydrogens (tertiary/aromatic N) is 3. The molecule has 0 bridgehead atoms. The SMILES string of the molecule is CC(Cc1cccs1)n1c(CCl)nc2cnccc21. The highest BCUT2D eigenvalue weighted by atomic mass is 35.5. The molecule has 0 N–H and O–H groups in total. The molecule has 0 radical (unpaired) electrons. The lowest BCUT2D eigenvalue weighted by Gasteiger charge is -2.16. The molecule has 5 heteroatoms. The van der Waals surface area contributed by atoms with Crippen molar-refractivity contribution in [2.24, 2.45) is 0 Å². The third-order valence-corrected chi connectivity index (χ3v) is 4.34. The van der Waals surface area contributed by atoms with E-state index in [0.29, 0.717) is 11.9 Å². The Hall–Kier alpha value is -1.39. The highest BCUT2D eigenvalue weighted by molar-refractivity contribution is 7.09. The average molecular weight is 292 g/mol. The number of rotatable bonds is 4. The highest BCUT2D eigenvalue weighted by Gasteiger charge is 2.15. The quantitative estimate of drug-likeness (QED) is 0.679. The van der Waals surface area contributed by atoms with Crippen LogP contribution < -0.4 is 0 Å². The highest BCUT2D eigenvalue weighted by Crippen LogP contribution is 2.25. The van der Waals surface area contributed by atoms with Gasteiger partial charge in [-0.2, -0.15) is 0 Å². The molecule has 0 saturated carbocycles. The van der Waals surface area contributed by atoms with Crippen molar-refractivity contribution in [2.75, 3.05) is 0 Å². The summed E-state index contributed by atoms with van der Waals surface area (Å²) in [6.07, 6.45) is 4.59. The molecule has 0 aliphatic rings. The van der Waals surface area contributed by atoms with Gasteiger partial charge in [0.15, 0.2) is 0 Å². The molecule has 3 nitrogen and oxygen atoms in total. The number of thiophene rings is 1. The van der Waals surface area contributed by atoms with E-state index in [1.807, 2.05) is 6.07 Å². The van der Waals surface area contributed by atoms with E-state index in [1.165, 1.54) is 4.88 Å². The van der Waals surface area contributed by atoms with Crippen molar-refractivity contribution in [3.63, 3.8) is 0 Å².